The Labute approximate surface area is 96.6 Å². The van der Waals surface area contributed by atoms with E-state index in [1.807, 2.05) is 13.0 Å². The summed E-state index contributed by atoms with van der Waals surface area (Å²) in [6.45, 7) is 2.04. The van der Waals surface area contributed by atoms with Gasteiger partial charge in [0.05, 0.1) is 0 Å². The van der Waals surface area contributed by atoms with Crippen LogP contribution in [0.15, 0.2) is 18.2 Å². The van der Waals surface area contributed by atoms with E-state index in [4.69, 9.17) is 17.3 Å². The molecule has 1 aromatic carbocycles. The van der Waals surface area contributed by atoms with Gasteiger partial charge in [0.2, 0.25) is 0 Å². The molecule has 1 aliphatic rings. The summed E-state index contributed by atoms with van der Waals surface area (Å²) < 4.78 is 0. The van der Waals surface area contributed by atoms with Crippen LogP contribution in [-0.2, 0) is 6.42 Å². The van der Waals surface area contributed by atoms with Crippen LogP contribution in [0.1, 0.15) is 30.4 Å². The molecule has 1 saturated carbocycles. The number of aryl methyl sites for hydroxylation is 1. The van der Waals surface area contributed by atoms with E-state index in [1.54, 1.807) is 0 Å². The number of nitrogens with two attached hydrogens (primary N) is 1. The van der Waals surface area contributed by atoms with Crippen molar-refractivity contribution >= 4 is 11.6 Å². The Morgan fingerprint density at radius 3 is 2.80 bits per heavy atom. The number of hydrogen-bond donors (Lipinski definition) is 1. The molecule has 15 heavy (non-hydrogen) atoms. The molecule has 0 heterocycles. The Morgan fingerprint density at radius 2 is 2.20 bits per heavy atom. The van der Waals surface area contributed by atoms with Crippen LogP contribution >= 0.6 is 11.6 Å². The van der Waals surface area contributed by atoms with Gasteiger partial charge in [-0.2, -0.15) is 0 Å². The van der Waals surface area contributed by atoms with Crippen molar-refractivity contribution in [2.45, 2.75) is 38.6 Å². The van der Waals surface area contributed by atoms with Crippen LogP contribution in [0.4, 0.5) is 0 Å². The predicted molar refractivity (Wildman–Crippen MR) is 65.2 cm³/mol. The summed E-state index contributed by atoms with van der Waals surface area (Å²) in [5.41, 5.74) is 8.56. The third-order valence-corrected chi connectivity index (χ3v) is 3.48. The van der Waals surface area contributed by atoms with Crippen molar-refractivity contribution in [2.75, 3.05) is 0 Å². The van der Waals surface area contributed by atoms with Gasteiger partial charge in [-0.15, -0.1) is 0 Å². The van der Waals surface area contributed by atoms with Crippen molar-refractivity contribution in [1.82, 2.24) is 0 Å². The van der Waals surface area contributed by atoms with E-state index in [9.17, 15) is 0 Å². The molecule has 1 nitrogen and oxygen atoms in total. The average molecular weight is 224 g/mol. The van der Waals surface area contributed by atoms with E-state index < -0.39 is 0 Å². The van der Waals surface area contributed by atoms with Crippen LogP contribution in [0.5, 0.6) is 0 Å². The van der Waals surface area contributed by atoms with Gasteiger partial charge < -0.3 is 5.73 Å². The molecule has 1 atom stereocenters. The van der Waals surface area contributed by atoms with Gasteiger partial charge in [0.15, 0.2) is 0 Å². The number of rotatable bonds is 4. The van der Waals surface area contributed by atoms with Gasteiger partial charge >= 0.3 is 0 Å². The highest BCUT2D eigenvalue weighted by molar-refractivity contribution is 6.31. The van der Waals surface area contributed by atoms with Gasteiger partial charge in [0.25, 0.3) is 0 Å². The largest absolute Gasteiger partial charge is 0.327 e. The lowest BCUT2D eigenvalue weighted by Crippen LogP contribution is -2.23. The second-order valence-electron chi connectivity index (χ2n) is 4.73. The zero-order chi connectivity index (χ0) is 10.8. The molecule has 1 fully saturated rings. The fourth-order valence-electron chi connectivity index (χ4n) is 2.00. The van der Waals surface area contributed by atoms with Crippen molar-refractivity contribution in [3.63, 3.8) is 0 Å². The lowest BCUT2D eigenvalue weighted by atomic mass is 10.0. The molecule has 82 valence electrons. The molecule has 0 radical (unpaired) electrons. The van der Waals surface area contributed by atoms with Crippen molar-refractivity contribution in [2.24, 2.45) is 11.7 Å². The van der Waals surface area contributed by atoms with Crippen LogP contribution < -0.4 is 5.73 Å². The maximum Gasteiger partial charge on any atom is 0.0435 e. The van der Waals surface area contributed by atoms with E-state index >= 15 is 0 Å². The minimum atomic E-state index is 0.318. The van der Waals surface area contributed by atoms with Gasteiger partial charge in [-0.25, -0.2) is 0 Å². The first-order chi connectivity index (χ1) is 7.15. The molecule has 2 rings (SSSR count). The summed E-state index contributed by atoms with van der Waals surface area (Å²) in [7, 11) is 0. The fourth-order valence-corrected chi connectivity index (χ4v) is 2.12. The summed E-state index contributed by atoms with van der Waals surface area (Å²) in [4.78, 5) is 0. The van der Waals surface area contributed by atoms with Crippen LogP contribution in [0.3, 0.4) is 0 Å². The Bertz CT molecular complexity index is 344. The Kier molecular flexibility index (Phi) is 3.32. The summed E-state index contributed by atoms with van der Waals surface area (Å²) >= 11 is 5.98. The Balaban J connectivity index is 1.93. The molecule has 0 bridgehead atoms. The van der Waals surface area contributed by atoms with Crippen molar-refractivity contribution < 1.29 is 0 Å². The Morgan fingerprint density at radius 1 is 1.47 bits per heavy atom. The van der Waals surface area contributed by atoms with E-state index in [2.05, 4.69) is 12.1 Å². The highest BCUT2D eigenvalue weighted by Crippen LogP contribution is 2.33. The van der Waals surface area contributed by atoms with Crippen LogP contribution in [0.25, 0.3) is 0 Å². The fraction of sp³-hybridized carbons (Fsp3) is 0.538. The normalized spacial score (nSPS) is 17.8. The lowest BCUT2D eigenvalue weighted by molar-refractivity contribution is 0.566. The summed E-state index contributed by atoms with van der Waals surface area (Å²) in [6, 6.07) is 6.52. The topological polar surface area (TPSA) is 26.0 Å². The molecule has 0 aromatic heterocycles. The molecular weight excluding hydrogens is 206 g/mol. The van der Waals surface area contributed by atoms with E-state index in [0.717, 1.165) is 22.9 Å². The van der Waals surface area contributed by atoms with E-state index in [1.165, 1.54) is 24.8 Å². The molecule has 2 heteroatoms. The van der Waals surface area contributed by atoms with Gasteiger partial charge in [-0.1, -0.05) is 36.6 Å². The SMILES string of the molecule is Cc1cc(CC(N)CC2CC2)ccc1Cl. The monoisotopic (exact) mass is 223 g/mol. The minimum absolute atomic E-state index is 0.318. The average Bonchev–Trinajstić information content (AvgIpc) is 2.95. The third kappa shape index (κ3) is 3.22. The second-order valence-corrected chi connectivity index (χ2v) is 5.13. The summed E-state index contributed by atoms with van der Waals surface area (Å²) in [5.74, 6) is 0.911. The highest BCUT2D eigenvalue weighted by Gasteiger charge is 2.23. The van der Waals surface area contributed by atoms with E-state index in [-0.39, 0.29) is 0 Å². The quantitative estimate of drug-likeness (QED) is 0.833. The lowest BCUT2D eigenvalue weighted by Gasteiger charge is -2.11. The van der Waals surface area contributed by atoms with Crippen molar-refractivity contribution in [3.8, 4) is 0 Å². The first-order valence-corrected chi connectivity index (χ1v) is 6.03. The molecule has 0 aliphatic heterocycles. The first kappa shape index (κ1) is 11.0. The number of hydrogen-bond acceptors (Lipinski definition) is 1. The molecular formula is C13H18ClN. The smallest absolute Gasteiger partial charge is 0.0435 e. The molecule has 0 amide bonds. The maximum absolute atomic E-state index is 6.10. The summed E-state index contributed by atoms with van der Waals surface area (Å²) in [5, 5.41) is 0.842. The molecule has 0 saturated heterocycles. The number of benzene rings is 1. The number of halogens is 1. The predicted octanol–water partition coefficient (Wildman–Crippen LogP) is 3.32. The van der Waals surface area contributed by atoms with Crippen LogP contribution in [-0.4, -0.2) is 6.04 Å². The maximum atomic E-state index is 6.10. The summed E-state index contributed by atoms with van der Waals surface area (Å²) in [6.07, 6.45) is 4.93. The third-order valence-electron chi connectivity index (χ3n) is 3.05. The van der Waals surface area contributed by atoms with Crippen molar-refractivity contribution in [3.05, 3.63) is 34.3 Å². The molecule has 2 N–H and O–H groups in total. The highest BCUT2D eigenvalue weighted by atomic mass is 35.5. The molecule has 0 spiro atoms. The van der Waals surface area contributed by atoms with Gasteiger partial charge in [-0.05, 0) is 42.9 Å². The van der Waals surface area contributed by atoms with Gasteiger partial charge in [0, 0.05) is 11.1 Å². The first-order valence-electron chi connectivity index (χ1n) is 5.66. The van der Waals surface area contributed by atoms with Crippen LogP contribution in [0, 0.1) is 12.8 Å². The van der Waals surface area contributed by atoms with Crippen molar-refractivity contribution in [1.29, 1.82) is 0 Å². The minimum Gasteiger partial charge on any atom is -0.327 e. The second kappa shape index (κ2) is 4.54. The molecule has 1 unspecified atom stereocenters. The molecule has 1 aliphatic carbocycles. The zero-order valence-corrected chi connectivity index (χ0v) is 9.93. The van der Waals surface area contributed by atoms with Gasteiger partial charge in [0.1, 0.15) is 0 Å². The van der Waals surface area contributed by atoms with Crippen LogP contribution in [0.2, 0.25) is 5.02 Å². The zero-order valence-electron chi connectivity index (χ0n) is 9.17. The van der Waals surface area contributed by atoms with E-state index in [0.29, 0.717) is 6.04 Å². The van der Waals surface area contributed by atoms with Gasteiger partial charge in [-0.3, -0.25) is 0 Å². The Hall–Kier alpha value is -0.530. The standard InChI is InChI=1S/C13H18ClN/c1-9-6-11(4-5-13(9)14)8-12(15)7-10-2-3-10/h4-6,10,12H,2-3,7-8,15H2,1H3. The molecule has 1 aromatic rings.